The highest BCUT2D eigenvalue weighted by molar-refractivity contribution is 7.13. The Bertz CT molecular complexity index is 491. The van der Waals surface area contributed by atoms with Crippen LogP contribution >= 0.6 is 11.3 Å². The SMILES string of the molecule is Cc1nc(OC2CCC(N3CCC3)CC2)c(C(=O)O)s1. The molecular formula is C14H20N2O3S. The van der Waals surface area contributed by atoms with Gasteiger partial charge in [-0.3, -0.25) is 0 Å². The summed E-state index contributed by atoms with van der Waals surface area (Å²) in [7, 11) is 0. The van der Waals surface area contributed by atoms with Crippen LogP contribution < -0.4 is 4.74 Å². The van der Waals surface area contributed by atoms with Crippen LogP contribution in [0.25, 0.3) is 0 Å². The van der Waals surface area contributed by atoms with Gasteiger partial charge in [0.15, 0.2) is 4.88 Å². The number of nitrogens with zero attached hydrogens (tertiary/aromatic N) is 2. The molecule has 0 unspecified atom stereocenters. The summed E-state index contributed by atoms with van der Waals surface area (Å²) < 4.78 is 5.85. The van der Waals surface area contributed by atoms with Crippen LogP contribution in [0.1, 0.15) is 46.8 Å². The van der Waals surface area contributed by atoms with Gasteiger partial charge in [0.2, 0.25) is 5.88 Å². The second-order valence-electron chi connectivity index (χ2n) is 5.61. The van der Waals surface area contributed by atoms with Crippen LogP contribution in [0.3, 0.4) is 0 Å². The highest BCUT2D eigenvalue weighted by atomic mass is 32.1. The summed E-state index contributed by atoms with van der Waals surface area (Å²) in [6.07, 6.45) is 5.74. The molecule has 1 saturated carbocycles. The van der Waals surface area contributed by atoms with Crippen LogP contribution in [0.4, 0.5) is 0 Å². The second-order valence-corrected chi connectivity index (χ2v) is 6.81. The van der Waals surface area contributed by atoms with Crippen molar-refractivity contribution in [3.63, 3.8) is 0 Å². The fourth-order valence-electron chi connectivity index (χ4n) is 3.01. The van der Waals surface area contributed by atoms with Crippen molar-refractivity contribution in [3.8, 4) is 5.88 Å². The molecule has 1 saturated heterocycles. The third-order valence-corrected chi connectivity index (χ3v) is 5.17. The molecule has 20 heavy (non-hydrogen) atoms. The van der Waals surface area contributed by atoms with Gasteiger partial charge in [0, 0.05) is 6.04 Å². The van der Waals surface area contributed by atoms with E-state index in [1.54, 1.807) is 0 Å². The zero-order valence-electron chi connectivity index (χ0n) is 11.7. The monoisotopic (exact) mass is 296 g/mol. The highest BCUT2D eigenvalue weighted by Gasteiger charge is 2.30. The molecule has 2 heterocycles. The van der Waals surface area contributed by atoms with Gasteiger partial charge >= 0.3 is 5.97 Å². The van der Waals surface area contributed by atoms with Crippen molar-refractivity contribution < 1.29 is 14.6 Å². The number of likely N-dealkylation sites (tertiary alicyclic amines) is 1. The van der Waals surface area contributed by atoms with Crippen LogP contribution in [0, 0.1) is 6.92 Å². The molecule has 6 heteroatoms. The van der Waals surface area contributed by atoms with Gasteiger partial charge in [-0.2, -0.15) is 0 Å². The van der Waals surface area contributed by atoms with E-state index in [9.17, 15) is 4.79 Å². The summed E-state index contributed by atoms with van der Waals surface area (Å²) in [4.78, 5) is 18.1. The van der Waals surface area contributed by atoms with Gasteiger partial charge in [-0.1, -0.05) is 0 Å². The number of carbonyl (C=O) groups is 1. The van der Waals surface area contributed by atoms with Crippen molar-refractivity contribution in [2.24, 2.45) is 0 Å². The predicted octanol–water partition coefficient (Wildman–Crippen LogP) is 2.55. The first-order chi connectivity index (χ1) is 9.63. The van der Waals surface area contributed by atoms with Crippen LogP contribution in [0.15, 0.2) is 0 Å². The van der Waals surface area contributed by atoms with Crippen molar-refractivity contribution in [2.45, 2.75) is 51.2 Å². The van der Waals surface area contributed by atoms with Gasteiger partial charge < -0.3 is 14.7 Å². The molecular weight excluding hydrogens is 276 g/mol. The quantitative estimate of drug-likeness (QED) is 0.925. The van der Waals surface area contributed by atoms with Crippen molar-refractivity contribution in [1.82, 2.24) is 9.88 Å². The van der Waals surface area contributed by atoms with Crippen LogP contribution in [-0.4, -0.2) is 46.2 Å². The van der Waals surface area contributed by atoms with Gasteiger partial charge in [0.1, 0.15) is 6.10 Å². The summed E-state index contributed by atoms with van der Waals surface area (Å²) >= 11 is 1.19. The lowest BCUT2D eigenvalue weighted by Gasteiger charge is -2.41. The van der Waals surface area contributed by atoms with E-state index >= 15 is 0 Å². The summed E-state index contributed by atoms with van der Waals surface area (Å²) in [6, 6.07) is 0.708. The number of carboxylic acid groups (broad SMARTS) is 1. The summed E-state index contributed by atoms with van der Waals surface area (Å²) in [5.74, 6) is -0.632. The predicted molar refractivity (Wildman–Crippen MR) is 76.7 cm³/mol. The summed E-state index contributed by atoms with van der Waals surface area (Å²) in [6.45, 7) is 4.29. The van der Waals surface area contributed by atoms with Crippen LogP contribution in [0.5, 0.6) is 5.88 Å². The standard InChI is InChI=1S/C14H20N2O3S/c1-9-15-13(12(20-9)14(17)18)19-11-5-3-10(4-6-11)16-7-2-8-16/h10-11H,2-8H2,1H3,(H,17,18). The average Bonchev–Trinajstić information content (AvgIpc) is 2.71. The molecule has 3 rings (SSSR count). The Balaban J connectivity index is 1.58. The molecule has 2 aliphatic rings. The van der Waals surface area contributed by atoms with Crippen molar-refractivity contribution in [2.75, 3.05) is 13.1 Å². The van der Waals surface area contributed by atoms with E-state index in [2.05, 4.69) is 9.88 Å². The Kier molecular flexibility index (Phi) is 3.94. The molecule has 1 aromatic heterocycles. The fraction of sp³-hybridized carbons (Fsp3) is 0.714. The third-order valence-electron chi connectivity index (χ3n) is 4.23. The lowest BCUT2D eigenvalue weighted by molar-refractivity contribution is 0.0509. The first kappa shape index (κ1) is 13.8. The van der Waals surface area contributed by atoms with Crippen molar-refractivity contribution in [1.29, 1.82) is 0 Å². The fourth-order valence-corrected chi connectivity index (χ4v) is 3.71. The minimum absolute atomic E-state index is 0.118. The lowest BCUT2D eigenvalue weighted by Crippen LogP contribution is -2.47. The number of aromatic carboxylic acids is 1. The third kappa shape index (κ3) is 2.81. The molecule has 0 spiro atoms. The molecule has 0 bridgehead atoms. The zero-order chi connectivity index (χ0) is 14.1. The minimum atomic E-state index is -0.945. The molecule has 0 radical (unpaired) electrons. The maximum Gasteiger partial charge on any atom is 0.351 e. The molecule has 1 N–H and O–H groups in total. The number of aryl methyl sites for hydroxylation is 1. The molecule has 1 aliphatic heterocycles. The topological polar surface area (TPSA) is 62.7 Å². The largest absolute Gasteiger partial charge is 0.477 e. The molecule has 2 fully saturated rings. The smallest absolute Gasteiger partial charge is 0.351 e. The number of hydrogen-bond donors (Lipinski definition) is 1. The maximum atomic E-state index is 11.1. The lowest BCUT2D eigenvalue weighted by atomic mass is 9.90. The van der Waals surface area contributed by atoms with Crippen LogP contribution in [0.2, 0.25) is 0 Å². The number of rotatable bonds is 4. The number of ether oxygens (including phenoxy) is 1. The number of carboxylic acids is 1. The van der Waals surface area contributed by atoms with Gasteiger partial charge in [0.05, 0.1) is 5.01 Å². The maximum absolute atomic E-state index is 11.1. The number of hydrogen-bond acceptors (Lipinski definition) is 5. The van der Waals surface area contributed by atoms with E-state index < -0.39 is 5.97 Å². The first-order valence-corrected chi connectivity index (χ1v) is 8.06. The van der Waals surface area contributed by atoms with Crippen molar-refractivity contribution >= 4 is 17.3 Å². The number of aromatic nitrogens is 1. The van der Waals surface area contributed by atoms with E-state index in [4.69, 9.17) is 9.84 Å². The Hall–Kier alpha value is -1.14. The summed E-state index contributed by atoms with van der Waals surface area (Å²) in [5, 5.41) is 9.89. The normalized spacial score (nSPS) is 27.1. The van der Waals surface area contributed by atoms with E-state index in [0.717, 1.165) is 30.7 Å². The Labute approximate surface area is 122 Å². The van der Waals surface area contributed by atoms with Gasteiger partial charge in [-0.15, -0.1) is 11.3 Å². The molecule has 5 nitrogen and oxygen atoms in total. The van der Waals surface area contributed by atoms with Crippen molar-refractivity contribution in [3.05, 3.63) is 9.88 Å². The van der Waals surface area contributed by atoms with E-state index in [-0.39, 0.29) is 11.0 Å². The molecule has 1 aliphatic carbocycles. The first-order valence-electron chi connectivity index (χ1n) is 7.25. The molecule has 110 valence electrons. The van der Waals surface area contributed by atoms with Gasteiger partial charge in [-0.05, 0) is 52.1 Å². The average molecular weight is 296 g/mol. The second kappa shape index (κ2) is 5.69. The van der Waals surface area contributed by atoms with E-state index in [0.29, 0.717) is 11.9 Å². The van der Waals surface area contributed by atoms with E-state index in [1.807, 2.05) is 6.92 Å². The van der Waals surface area contributed by atoms with E-state index in [1.165, 1.54) is 30.8 Å². The highest BCUT2D eigenvalue weighted by Crippen LogP contribution is 2.31. The van der Waals surface area contributed by atoms with Crippen LogP contribution in [-0.2, 0) is 0 Å². The van der Waals surface area contributed by atoms with Gasteiger partial charge in [0.25, 0.3) is 0 Å². The Morgan fingerprint density at radius 1 is 1.35 bits per heavy atom. The van der Waals surface area contributed by atoms with Gasteiger partial charge in [-0.25, -0.2) is 9.78 Å². The molecule has 0 atom stereocenters. The zero-order valence-corrected chi connectivity index (χ0v) is 12.5. The minimum Gasteiger partial charge on any atom is -0.477 e. The number of thiazole rings is 1. The summed E-state index contributed by atoms with van der Waals surface area (Å²) in [5.41, 5.74) is 0. The Morgan fingerprint density at radius 2 is 2.05 bits per heavy atom. The molecule has 1 aromatic rings. The Morgan fingerprint density at radius 3 is 2.60 bits per heavy atom. The molecule has 0 amide bonds. The molecule has 0 aromatic carbocycles.